The molecule has 10 heteroatoms. The van der Waals surface area contributed by atoms with E-state index in [1.807, 2.05) is 12.1 Å². The van der Waals surface area contributed by atoms with Crippen molar-refractivity contribution in [2.45, 2.75) is 44.2 Å². The molecule has 3 N–H and O–H groups in total. The molecule has 1 saturated carbocycles. The van der Waals surface area contributed by atoms with Gasteiger partial charge in [-0.25, -0.2) is 4.98 Å². The summed E-state index contributed by atoms with van der Waals surface area (Å²) in [5, 5.41) is 16.8. The number of carboxylic acid groups (broad SMARTS) is 1. The van der Waals surface area contributed by atoms with Crippen LogP contribution in [0.1, 0.15) is 30.4 Å². The average Bonchev–Trinajstić information content (AvgIpc) is 3.46. The van der Waals surface area contributed by atoms with Crippen LogP contribution in [0.3, 0.4) is 0 Å². The molecular formula is C28H34ClN5O4. The zero-order chi connectivity index (χ0) is 26.2. The number of fused-ring (bicyclic) bond motifs is 3. The molecule has 2 bridgehead atoms. The Hall–Kier alpha value is -2.88. The predicted molar refractivity (Wildman–Crippen MR) is 145 cm³/mol. The summed E-state index contributed by atoms with van der Waals surface area (Å²) in [5.74, 6) is 0.521. The molecule has 1 unspecified atom stereocenters. The van der Waals surface area contributed by atoms with Crippen LogP contribution in [-0.4, -0.2) is 71.4 Å². The first-order chi connectivity index (χ1) is 18.5. The van der Waals surface area contributed by atoms with Gasteiger partial charge in [-0.1, -0.05) is 29.8 Å². The Bertz CT molecular complexity index is 1230. The fourth-order valence-corrected chi connectivity index (χ4v) is 6.90. The maximum absolute atomic E-state index is 11.9. The number of allylic oxidation sites excluding steroid dienone is 1. The Morgan fingerprint density at radius 2 is 1.97 bits per heavy atom. The molecule has 4 aliphatic rings. The van der Waals surface area contributed by atoms with Crippen LogP contribution in [0.25, 0.3) is 0 Å². The Morgan fingerprint density at radius 1 is 1.18 bits per heavy atom. The number of benzene rings is 1. The number of hydrogen-bond acceptors (Lipinski definition) is 8. The van der Waals surface area contributed by atoms with Gasteiger partial charge < -0.3 is 25.2 Å². The van der Waals surface area contributed by atoms with Crippen molar-refractivity contribution in [3.63, 3.8) is 0 Å². The lowest BCUT2D eigenvalue weighted by Crippen LogP contribution is -2.43. The van der Waals surface area contributed by atoms with Crippen molar-refractivity contribution >= 4 is 35.0 Å². The van der Waals surface area contributed by atoms with Gasteiger partial charge in [-0.15, -0.1) is 0 Å². The summed E-state index contributed by atoms with van der Waals surface area (Å²) in [6.45, 7) is 3.63. The normalized spacial score (nSPS) is 28.5. The standard InChI is InChI=1S/C28H34ClN5O4/c1-37-25-20-8-7-19(34-10-12-38-13-11-34)6-4-16(20)5-9-22(25)31-28-30-15-21(29)26(33-28)32-24-18-3-2-17(14-18)23(24)27(35)36/h2-3,5,9,15,17-19,23-24H,4,6-8,10-14H2,1H3,(H,35,36)(H2,30,31,32,33)/t17-,18+,19+,23?,24-/m1/s1. The molecule has 6 rings (SSSR count). The number of morpholine rings is 1. The number of aliphatic carboxylic acids is 1. The molecule has 2 fully saturated rings. The quantitative estimate of drug-likeness (QED) is 0.353. The predicted octanol–water partition coefficient (Wildman–Crippen LogP) is 4.15. The monoisotopic (exact) mass is 539 g/mol. The van der Waals surface area contributed by atoms with Crippen LogP contribution in [-0.2, 0) is 22.4 Å². The number of rotatable bonds is 7. The van der Waals surface area contributed by atoms with E-state index in [0.29, 0.717) is 22.8 Å². The summed E-state index contributed by atoms with van der Waals surface area (Å²) in [5.41, 5.74) is 3.36. The third-order valence-electron chi connectivity index (χ3n) is 8.64. The van der Waals surface area contributed by atoms with E-state index in [2.05, 4.69) is 37.6 Å². The summed E-state index contributed by atoms with van der Waals surface area (Å²) >= 11 is 6.44. The van der Waals surface area contributed by atoms with Gasteiger partial charge in [0.1, 0.15) is 10.8 Å². The van der Waals surface area contributed by atoms with E-state index in [-0.39, 0.29) is 17.9 Å². The van der Waals surface area contributed by atoms with Crippen LogP contribution in [0, 0.1) is 17.8 Å². The number of hydrogen-bond donors (Lipinski definition) is 3. The third kappa shape index (κ3) is 4.83. The van der Waals surface area contributed by atoms with Crippen LogP contribution in [0.2, 0.25) is 5.02 Å². The number of ether oxygens (including phenoxy) is 2. The van der Waals surface area contributed by atoms with Crippen molar-refractivity contribution in [2.75, 3.05) is 44.0 Å². The van der Waals surface area contributed by atoms with Crippen molar-refractivity contribution in [3.05, 3.63) is 46.6 Å². The number of carbonyl (C=O) groups is 1. The van der Waals surface area contributed by atoms with Crippen LogP contribution in [0.5, 0.6) is 5.75 Å². The molecule has 2 aromatic rings. The van der Waals surface area contributed by atoms with Crippen molar-refractivity contribution in [1.29, 1.82) is 0 Å². The average molecular weight is 540 g/mol. The second-order valence-corrected chi connectivity index (χ2v) is 11.1. The molecule has 2 heterocycles. The molecule has 1 aromatic heterocycles. The van der Waals surface area contributed by atoms with E-state index in [1.54, 1.807) is 13.3 Å². The maximum Gasteiger partial charge on any atom is 0.309 e. The van der Waals surface area contributed by atoms with E-state index in [9.17, 15) is 9.90 Å². The van der Waals surface area contributed by atoms with Gasteiger partial charge in [0.05, 0.1) is 38.1 Å². The number of nitrogens with zero attached hydrogens (tertiary/aromatic N) is 3. The van der Waals surface area contributed by atoms with Gasteiger partial charge in [0.2, 0.25) is 5.95 Å². The lowest BCUT2D eigenvalue weighted by molar-refractivity contribution is -0.142. The van der Waals surface area contributed by atoms with Crippen molar-refractivity contribution in [3.8, 4) is 5.75 Å². The summed E-state index contributed by atoms with van der Waals surface area (Å²) in [7, 11) is 1.70. The highest BCUT2D eigenvalue weighted by atomic mass is 35.5. The van der Waals surface area contributed by atoms with Gasteiger partial charge in [0, 0.05) is 25.2 Å². The molecule has 5 atom stereocenters. The molecule has 0 spiro atoms. The Kier molecular flexibility index (Phi) is 7.16. The first kappa shape index (κ1) is 25.4. The molecule has 3 aliphatic carbocycles. The minimum absolute atomic E-state index is 0.0416. The second-order valence-electron chi connectivity index (χ2n) is 10.7. The molecule has 9 nitrogen and oxygen atoms in total. The number of anilines is 3. The van der Waals surface area contributed by atoms with Gasteiger partial charge in [0.15, 0.2) is 5.82 Å². The number of methoxy groups -OCH3 is 1. The lowest BCUT2D eigenvalue weighted by Gasteiger charge is -2.34. The molecule has 0 radical (unpaired) electrons. The number of halogens is 1. The lowest BCUT2D eigenvalue weighted by atomic mass is 9.89. The molecule has 202 valence electrons. The van der Waals surface area contributed by atoms with Crippen LogP contribution < -0.4 is 15.4 Å². The van der Waals surface area contributed by atoms with E-state index in [1.165, 1.54) is 11.1 Å². The van der Waals surface area contributed by atoms with Gasteiger partial charge in [-0.05, 0) is 61.1 Å². The Morgan fingerprint density at radius 3 is 2.76 bits per heavy atom. The largest absolute Gasteiger partial charge is 0.494 e. The minimum atomic E-state index is -0.798. The fourth-order valence-electron chi connectivity index (χ4n) is 6.76. The SMILES string of the molecule is COc1c(Nc2ncc(Cl)c(N[C@H]3C(C(=O)O)[C@@H]4C=C[C@H]3C4)n2)ccc2c1CC[C@@H](N1CCOCC1)CC2. The van der Waals surface area contributed by atoms with E-state index in [0.717, 1.165) is 69.8 Å². The number of carboxylic acids is 1. The highest BCUT2D eigenvalue weighted by Crippen LogP contribution is 2.45. The number of aromatic nitrogens is 2. The molecule has 0 amide bonds. The van der Waals surface area contributed by atoms with Gasteiger partial charge in [0.25, 0.3) is 0 Å². The molecule has 1 saturated heterocycles. The summed E-state index contributed by atoms with van der Waals surface area (Å²) in [6, 6.07) is 4.50. The summed E-state index contributed by atoms with van der Waals surface area (Å²) in [4.78, 5) is 23.5. The van der Waals surface area contributed by atoms with E-state index < -0.39 is 11.9 Å². The summed E-state index contributed by atoms with van der Waals surface area (Å²) in [6.07, 6.45) is 10.7. The third-order valence-corrected chi connectivity index (χ3v) is 8.91. The zero-order valence-electron chi connectivity index (χ0n) is 21.5. The summed E-state index contributed by atoms with van der Waals surface area (Å²) < 4.78 is 11.5. The van der Waals surface area contributed by atoms with Crippen molar-refractivity contribution in [2.24, 2.45) is 17.8 Å². The van der Waals surface area contributed by atoms with Crippen LogP contribution >= 0.6 is 11.6 Å². The molecule has 38 heavy (non-hydrogen) atoms. The minimum Gasteiger partial charge on any atom is -0.494 e. The zero-order valence-corrected chi connectivity index (χ0v) is 22.3. The van der Waals surface area contributed by atoms with Gasteiger partial charge >= 0.3 is 5.97 Å². The van der Waals surface area contributed by atoms with E-state index >= 15 is 0 Å². The van der Waals surface area contributed by atoms with Crippen molar-refractivity contribution in [1.82, 2.24) is 14.9 Å². The van der Waals surface area contributed by atoms with E-state index in [4.69, 9.17) is 21.1 Å². The highest BCUT2D eigenvalue weighted by Gasteiger charge is 2.48. The fraction of sp³-hybridized carbons (Fsp3) is 0.536. The Balaban J connectivity index is 1.21. The number of aryl methyl sites for hydroxylation is 1. The topological polar surface area (TPSA) is 109 Å². The van der Waals surface area contributed by atoms with Crippen LogP contribution in [0.4, 0.5) is 17.5 Å². The van der Waals surface area contributed by atoms with Crippen LogP contribution in [0.15, 0.2) is 30.5 Å². The molecular weight excluding hydrogens is 506 g/mol. The Labute approximate surface area is 227 Å². The molecule has 1 aromatic carbocycles. The first-order valence-corrected chi connectivity index (χ1v) is 13.9. The van der Waals surface area contributed by atoms with Gasteiger partial charge in [-0.3, -0.25) is 9.69 Å². The second kappa shape index (κ2) is 10.7. The number of nitrogens with one attached hydrogen (secondary N) is 2. The smallest absolute Gasteiger partial charge is 0.309 e. The van der Waals surface area contributed by atoms with Crippen molar-refractivity contribution < 1.29 is 19.4 Å². The highest BCUT2D eigenvalue weighted by molar-refractivity contribution is 6.32. The molecule has 1 aliphatic heterocycles. The maximum atomic E-state index is 11.9. The first-order valence-electron chi connectivity index (χ1n) is 13.5. The van der Waals surface area contributed by atoms with Gasteiger partial charge in [-0.2, -0.15) is 4.98 Å².